The highest BCUT2D eigenvalue weighted by Crippen LogP contribution is 2.27. The number of carbonyl (C=O) groups excluding carboxylic acids is 1. The van der Waals surface area contributed by atoms with Gasteiger partial charge in [0.05, 0.1) is 19.3 Å². The van der Waals surface area contributed by atoms with E-state index in [0.29, 0.717) is 36.3 Å². The number of hydrogen-bond acceptors (Lipinski definition) is 6. The van der Waals surface area contributed by atoms with Gasteiger partial charge in [-0.15, -0.1) is 0 Å². The van der Waals surface area contributed by atoms with Gasteiger partial charge in [0.25, 0.3) is 5.91 Å². The van der Waals surface area contributed by atoms with Crippen molar-refractivity contribution in [2.45, 2.75) is 50.5 Å². The molecule has 4 rings (SSSR count). The molecule has 2 atom stereocenters. The van der Waals surface area contributed by atoms with Crippen molar-refractivity contribution in [3.8, 4) is 11.6 Å². The monoisotopic (exact) mass is 523 g/mol. The van der Waals surface area contributed by atoms with Crippen LogP contribution >= 0.6 is 0 Å². The summed E-state index contributed by atoms with van der Waals surface area (Å²) in [5.41, 5.74) is 1.33. The number of halogens is 6. The number of ether oxygens (including phenoxy) is 4. The minimum atomic E-state index is -4.42. The van der Waals surface area contributed by atoms with Gasteiger partial charge in [-0.05, 0) is 29.7 Å². The maximum Gasteiger partial charge on any atom is 0.411 e. The maximum absolute atomic E-state index is 12.7. The Hall–Kier alpha value is -3.00. The first-order chi connectivity index (χ1) is 16.9. The molecule has 0 saturated heterocycles. The molecule has 0 aliphatic carbocycles. The van der Waals surface area contributed by atoms with E-state index in [1.165, 1.54) is 10.7 Å². The summed E-state index contributed by atoms with van der Waals surface area (Å²) >= 11 is 0. The highest BCUT2D eigenvalue weighted by molar-refractivity contribution is 5.92. The first-order valence-corrected chi connectivity index (χ1v) is 11.0. The molecule has 1 aromatic heterocycles. The summed E-state index contributed by atoms with van der Waals surface area (Å²) in [6.07, 6.45) is -8.67. The fourth-order valence-electron chi connectivity index (χ4n) is 3.86. The second kappa shape index (κ2) is 10.5. The van der Waals surface area contributed by atoms with Crippen LogP contribution in [0.2, 0.25) is 0 Å². The first kappa shape index (κ1) is 26.1. The molecule has 0 radical (unpaired) electrons. The molecule has 0 spiro atoms. The maximum atomic E-state index is 12.7. The number of alkyl halides is 6. The van der Waals surface area contributed by atoms with Gasteiger partial charge in [0, 0.05) is 19.0 Å². The summed E-state index contributed by atoms with van der Waals surface area (Å²) in [6, 6.07) is 5.92. The van der Waals surface area contributed by atoms with Gasteiger partial charge in [0.1, 0.15) is 31.7 Å². The van der Waals surface area contributed by atoms with Crippen LogP contribution in [0.3, 0.4) is 0 Å². The molecular weight excluding hydrogens is 500 g/mol. The average Bonchev–Trinajstić information content (AvgIpc) is 3.21. The number of benzene rings is 1. The molecule has 2 aliphatic heterocycles. The number of aryl methyl sites for hydroxylation is 1. The predicted molar refractivity (Wildman–Crippen MR) is 111 cm³/mol. The van der Waals surface area contributed by atoms with Crippen LogP contribution in [0.25, 0.3) is 0 Å². The van der Waals surface area contributed by atoms with Crippen molar-refractivity contribution in [1.29, 1.82) is 0 Å². The fourth-order valence-corrected chi connectivity index (χ4v) is 3.86. The van der Waals surface area contributed by atoms with Gasteiger partial charge in [-0.1, -0.05) is 6.07 Å². The zero-order valence-electron chi connectivity index (χ0n) is 18.8. The standard InChI is InChI=1S/C22H23F6N3O5/c23-21(24,25)11-33-8-13-1-2-18-14(5-13)6-15(9-35-18)29-20(32)17-7-19-31(30-17)4-3-16(36-19)10-34-12-22(26,27)28/h1-2,5,7,15-16H,3-4,6,8-12H2,(H,29,32)/t15-,16-/m1/s1. The summed E-state index contributed by atoms with van der Waals surface area (Å²) < 4.78 is 95.7. The molecule has 0 bridgehead atoms. The molecule has 2 aliphatic rings. The van der Waals surface area contributed by atoms with Crippen LogP contribution in [0, 0.1) is 0 Å². The quantitative estimate of drug-likeness (QED) is 0.534. The van der Waals surface area contributed by atoms with E-state index in [1.54, 1.807) is 18.2 Å². The third kappa shape index (κ3) is 7.26. The molecule has 0 fully saturated rings. The minimum absolute atomic E-state index is 0.0713. The normalized spacial score (nSPS) is 19.6. The highest BCUT2D eigenvalue weighted by atomic mass is 19.4. The largest absolute Gasteiger partial charge is 0.491 e. The molecule has 198 valence electrons. The van der Waals surface area contributed by atoms with E-state index in [4.69, 9.17) is 14.2 Å². The van der Waals surface area contributed by atoms with Crippen molar-refractivity contribution in [3.63, 3.8) is 0 Å². The molecule has 36 heavy (non-hydrogen) atoms. The van der Waals surface area contributed by atoms with E-state index in [1.807, 2.05) is 0 Å². The van der Waals surface area contributed by atoms with Gasteiger partial charge in [0.2, 0.25) is 5.88 Å². The van der Waals surface area contributed by atoms with Gasteiger partial charge in [-0.3, -0.25) is 4.79 Å². The van der Waals surface area contributed by atoms with Gasteiger partial charge in [0.15, 0.2) is 5.69 Å². The van der Waals surface area contributed by atoms with Crippen molar-refractivity contribution < 1.29 is 50.1 Å². The van der Waals surface area contributed by atoms with Gasteiger partial charge >= 0.3 is 12.4 Å². The van der Waals surface area contributed by atoms with Crippen LogP contribution in [0.4, 0.5) is 26.3 Å². The summed E-state index contributed by atoms with van der Waals surface area (Å²) in [7, 11) is 0. The highest BCUT2D eigenvalue weighted by Gasteiger charge is 2.30. The van der Waals surface area contributed by atoms with Crippen LogP contribution in [0.15, 0.2) is 24.3 Å². The zero-order chi connectivity index (χ0) is 25.9. The molecule has 1 N–H and O–H groups in total. The topological polar surface area (TPSA) is 83.8 Å². The summed E-state index contributed by atoms with van der Waals surface area (Å²) in [5.74, 6) is 0.331. The molecule has 1 amide bonds. The van der Waals surface area contributed by atoms with Crippen molar-refractivity contribution >= 4 is 5.91 Å². The number of nitrogens with one attached hydrogen (secondary N) is 1. The third-order valence-corrected chi connectivity index (χ3v) is 5.40. The van der Waals surface area contributed by atoms with Crippen molar-refractivity contribution in [3.05, 3.63) is 41.1 Å². The Balaban J connectivity index is 1.30. The second-order valence-electron chi connectivity index (χ2n) is 8.49. The van der Waals surface area contributed by atoms with E-state index in [9.17, 15) is 31.1 Å². The first-order valence-electron chi connectivity index (χ1n) is 11.0. The Kier molecular flexibility index (Phi) is 7.64. The molecule has 1 aromatic carbocycles. The lowest BCUT2D eigenvalue weighted by atomic mass is 10.0. The minimum Gasteiger partial charge on any atom is -0.491 e. The lowest BCUT2D eigenvalue weighted by molar-refractivity contribution is -0.179. The Morgan fingerprint density at radius 3 is 2.61 bits per heavy atom. The smallest absolute Gasteiger partial charge is 0.411 e. The van der Waals surface area contributed by atoms with Crippen molar-refractivity contribution in [1.82, 2.24) is 15.1 Å². The molecule has 8 nitrogen and oxygen atoms in total. The van der Waals surface area contributed by atoms with Gasteiger partial charge < -0.3 is 24.3 Å². The molecule has 0 saturated carbocycles. The van der Waals surface area contributed by atoms with Crippen LogP contribution in [0.1, 0.15) is 28.0 Å². The summed E-state index contributed by atoms with van der Waals surface area (Å²) in [5, 5.41) is 7.00. The Morgan fingerprint density at radius 2 is 1.86 bits per heavy atom. The fraction of sp³-hybridized carbons (Fsp3) is 0.545. The molecule has 14 heteroatoms. The zero-order valence-corrected chi connectivity index (χ0v) is 18.8. The van der Waals surface area contributed by atoms with E-state index < -0.39 is 43.6 Å². The Morgan fingerprint density at radius 1 is 1.11 bits per heavy atom. The van der Waals surface area contributed by atoms with Crippen LogP contribution in [-0.4, -0.2) is 66.6 Å². The number of hydrogen-bond donors (Lipinski definition) is 1. The van der Waals surface area contributed by atoms with Crippen molar-refractivity contribution in [2.24, 2.45) is 0 Å². The molecule has 3 heterocycles. The van der Waals surface area contributed by atoms with Crippen LogP contribution < -0.4 is 14.8 Å². The number of aromatic nitrogens is 2. The summed E-state index contributed by atoms with van der Waals surface area (Å²) in [6.45, 7) is -2.64. The lowest BCUT2D eigenvalue weighted by Crippen LogP contribution is -2.43. The Labute approximate surface area is 201 Å². The van der Waals surface area contributed by atoms with Crippen molar-refractivity contribution in [2.75, 3.05) is 26.4 Å². The van der Waals surface area contributed by atoms with Crippen LogP contribution in [0.5, 0.6) is 11.6 Å². The van der Waals surface area contributed by atoms with E-state index in [2.05, 4.69) is 15.2 Å². The second-order valence-corrected chi connectivity index (χ2v) is 8.49. The predicted octanol–water partition coefficient (Wildman–Crippen LogP) is 3.43. The van der Waals surface area contributed by atoms with Crippen LogP contribution in [-0.2, 0) is 29.0 Å². The Bertz CT molecular complexity index is 1070. The van der Waals surface area contributed by atoms with E-state index in [0.717, 1.165) is 0 Å². The van der Waals surface area contributed by atoms with E-state index >= 15 is 0 Å². The molecule has 0 unspecified atom stereocenters. The number of fused-ring (bicyclic) bond motifs is 2. The van der Waals surface area contributed by atoms with Gasteiger partial charge in [-0.25, -0.2) is 4.68 Å². The number of amides is 1. The number of rotatable bonds is 8. The lowest BCUT2D eigenvalue weighted by Gasteiger charge is -2.26. The van der Waals surface area contributed by atoms with E-state index in [-0.39, 0.29) is 31.4 Å². The summed E-state index contributed by atoms with van der Waals surface area (Å²) in [4.78, 5) is 12.7. The molecular formula is C22H23F6N3O5. The third-order valence-electron chi connectivity index (χ3n) is 5.40. The average molecular weight is 523 g/mol. The number of nitrogens with zero attached hydrogens (tertiary/aromatic N) is 2. The SMILES string of the molecule is O=C(N[C@H]1COc2ccc(COCC(F)(F)F)cc2C1)c1cc2n(n1)CC[C@H](COCC(F)(F)F)O2. The number of carbonyl (C=O) groups is 1. The van der Waals surface area contributed by atoms with Gasteiger partial charge in [-0.2, -0.15) is 31.4 Å². The molecule has 2 aromatic rings.